The number of unbranched alkanes of at least 4 members (excludes halogenated alkanes) is 3. The molecule has 0 aromatic heterocycles. The molecule has 25 heavy (non-hydrogen) atoms. The van der Waals surface area contributed by atoms with Crippen molar-refractivity contribution in [2.24, 2.45) is 17.8 Å². The molecule has 0 saturated heterocycles. The zero-order valence-corrected chi connectivity index (χ0v) is 17.2. The molecule has 2 rings (SSSR count). The maximum Gasteiger partial charge on any atom is 0.0575 e. The second kappa shape index (κ2) is 13.0. The van der Waals surface area contributed by atoms with Crippen LogP contribution in [0, 0.1) is 17.8 Å². The quantitative estimate of drug-likeness (QED) is 0.274. The van der Waals surface area contributed by atoms with Crippen molar-refractivity contribution >= 4 is 0 Å². The first kappa shape index (κ1) is 21.0. The van der Waals surface area contributed by atoms with Crippen LogP contribution < -0.4 is 0 Å². The van der Waals surface area contributed by atoms with E-state index in [2.05, 4.69) is 26.0 Å². The Morgan fingerprint density at radius 1 is 0.760 bits per heavy atom. The Kier molecular flexibility index (Phi) is 10.9. The molecular weight excluding hydrogens is 304 g/mol. The summed E-state index contributed by atoms with van der Waals surface area (Å²) in [4.78, 5) is 0. The molecule has 0 N–H and O–H groups in total. The minimum atomic E-state index is 0.581. The summed E-state index contributed by atoms with van der Waals surface area (Å²) in [6, 6.07) is 0. The number of hydrogen-bond acceptors (Lipinski definition) is 1. The summed E-state index contributed by atoms with van der Waals surface area (Å²) in [6.45, 7) is 5.52. The van der Waals surface area contributed by atoms with E-state index in [9.17, 15) is 0 Å². The molecule has 1 nitrogen and oxygen atoms in total. The molecule has 2 aliphatic rings. The van der Waals surface area contributed by atoms with Gasteiger partial charge in [-0.1, -0.05) is 58.1 Å². The van der Waals surface area contributed by atoms with E-state index in [0.717, 1.165) is 24.4 Å². The van der Waals surface area contributed by atoms with E-state index in [-0.39, 0.29) is 0 Å². The first-order chi connectivity index (χ1) is 12.3. The maximum absolute atomic E-state index is 6.02. The Morgan fingerprint density at radius 3 is 1.96 bits per heavy atom. The molecule has 1 heteroatoms. The summed E-state index contributed by atoms with van der Waals surface area (Å²) >= 11 is 0. The highest BCUT2D eigenvalue weighted by atomic mass is 16.5. The molecule has 0 bridgehead atoms. The van der Waals surface area contributed by atoms with E-state index < -0.39 is 0 Å². The minimum absolute atomic E-state index is 0.581. The fourth-order valence-corrected chi connectivity index (χ4v) is 4.73. The fourth-order valence-electron chi connectivity index (χ4n) is 4.73. The van der Waals surface area contributed by atoms with Gasteiger partial charge in [-0.15, -0.1) is 0 Å². The number of ether oxygens (including phenoxy) is 1. The third kappa shape index (κ3) is 8.76. The predicted octanol–water partition coefficient (Wildman–Crippen LogP) is 7.69. The summed E-state index contributed by atoms with van der Waals surface area (Å²) in [6.07, 6.45) is 26.4. The van der Waals surface area contributed by atoms with Gasteiger partial charge in [0.2, 0.25) is 0 Å². The molecule has 0 aromatic rings. The van der Waals surface area contributed by atoms with Crippen LogP contribution in [0.5, 0.6) is 0 Å². The monoisotopic (exact) mass is 348 g/mol. The van der Waals surface area contributed by atoms with Crippen molar-refractivity contribution in [3.63, 3.8) is 0 Å². The van der Waals surface area contributed by atoms with Crippen molar-refractivity contribution in [1.29, 1.82) is 0 Å². The van der Waals surface area contributed by atoms with Crippen LogP contribution in [0.25, 0.3) is 0 Å². The fraction of sp³-hybridized carbons (Fsp3) is 0.917. The summed E-state index contributed by atoms with van der Waals surface area (Å²) in [5.41, 5.74) is 0. The van der Waals surface area contributed by atoms with Crippen molar-refractivity contribution in [1.82, 2.24) is 0 Å². The molecule has 0 amide bonds. The first-order valence-electron chi connectivity index (χ1n) is 11.6. The SMILES string of the molecule is CCCC/C=C/[C@H]1CC[C@H](CC[C@H]2CC[C@H](OCCCC)CC2)CC1. The van der Waals surface area contributed by atoms with E-state index in [4.69, 9.17) is 4.74 Å². The Balaban J connectivity index is 1.51. The Bertz CT molecular complexity index is 332. The average Bonchev–Trinajstić information content (AvgIpc) is 2.66. The topological polar surface area (TPSA) is 9.23 Å². The second-order valence-corrected chi connectivity index (χ2v) is 8.80. The van der Waals surface area contributed by atoms with Crippen LogP contribution in [0.15, 0.2) is 12.2 Å². The van der Waals surface area contributed by atoms with E-state index in [1.54, 1.807) is 0 Å². The Labute approximate surface area is 158 Å². The maximum atomic E-state index is 6.02. The number of hydrogen-bond donors (Lipinski definition) is 0. The van der Waals surface area contributed by atoms with Crippen molar-refractivity contribution in [2.45, 2.75) is 116 Å². The van der Waals surface area contributed by atoms with Gasteiger partial charge in [0.05, 0.1) is 6.10 Å². The lowest BCUT2D eigenvalue weighted by Crippen LogP contribution is -2.23. The summed E-state index contributed by atoms with van der Waals surface area (Å²) in [7, 11) is 0. The predicted molar refractivity (Wildman–Crippen MR) is 110 cm³/mol. The van der Waals surface area contributed by atoms with Crippen molar-refractivity contribution < 1.29 is 4.74 Å². The number of allylic oxidation sites excluding steroid dienone is 2. The lowest BCUT2D eigenvalue weighted by Gasteiger charge is -2.31. The molecular formula is C24H44O. The van der Waals surface area contributed by atoms with E-state index in [1.807, 2.05) is 0 Å². The van der Waals surface area contributed by atoms with Gasteiger partial charge in [0.1, 0.15) is 0 Å². The standard InChI is InChI=1S/C24H44O/c1-3-5-7-8-9-21-10-12-22(13-11-21)14-15-23-16-18-24(19-17-23)25-20-6-4-2/h8-9,21-24H,3-7,10-20H2,1-2H3/b9-8+/t21-,22-,23-,24-. The van der Waals surface area contributed by atoms with Gasteiger partial charge in [0, 0.05) is 6.61 Å². The highest BCUT2D eigenvalue weighted by Gasteiger charge is 2.24. The molecule has 2 fully saturated rings. The van der Waals surface area contributed by atoms with Crippen molar-refractivity contribution in [3.05, 3.63) is 12.2 Å². The van der Waals surface area contributed by atoms with E-state index in [0.29, 0.717) is 6.10 Å². The average molecular weight is 349 g/mol. The molecule has 0 radical (unpaired) electrons. The van der Waals surface area contributed by atoms with Gasteiger partial charge < -0.3 is 4.74 Å². The van der Waals surface area contributed by atoms with Crippen molar-refractivity contribution in [2.75, 3.05) is 6.61 Å². The molecule has 0 unspecified atom stereocenters. The van der Waals surface area contributed by atoms with Crippen LogP contribution in [-0.4, -0.2) is 12.7 Å². The van der Waals surface area contributed by atoms with Gasteiger partial charge >= 0.3 is 0 Å². The second-order valence-electron chi connectivity index (χ2n) is 8.80. The normalized spacial score (nSPS) is 30.8. The zero-order valence-electron chi connectivity index (χ0n) is 17.2. The molecule has 0 heterocycles. The van der Waals surface area contributed by atoms with Gasteiger partial charge in [-0.25, -0.2) is 0 Å². The smallest absolute Gasteiger partial charge is 0.0575 e. The third-order valence-corrected chi connectivity index (χ3v) is 6.65. The number of rotatable bonds is 11. The van der Waals surface area contributed by atoms with E-state index in [1.165, 1.54) is 96.3 Å². The van der Waals surface area contributed by atoms with Gasteiger partial charge in [0.15, 0.2) is 0 Å². The lowest BCUT2D eigenvalue weighted by molar-refractivity contribution is 0.0151. The van der Waals surface area contributed by atoms with Crippen molar-refractivity contribution in [3.8, 4) is 0 Å². The summed E-state index contributed by atoms with van der Waals surface area (Å²) < 4.78 is 6.02. The summed E-state index contributed by atoms with van der Waals surface area (Å²) in [5.74, 6) is 2.92. The molecule has 2 saturated carbocycles. The van der Waals surface area contributed by atoms with Crippen LogP contribution >= 0.6 is 0 Å². The molecule has 2 aliphatic carbocycles. The first-order valence-corrected chi connectivity index (χ1v) is 11.6. The van der Waals surface area contributed by atoms with Crippen LogP contribution in [0.1, 0.15) is 110 Å². The molecule has 0 aliphatic heterocycles. The van der Waals surface area contributed by atoms with Crippen LogP contribution in [0.2, 0.25) is 0 Å². The van der Waals surface area contributed by atoms with Gasteiger partial charge in [0.25, 0.3) is 0 Å². The molecule has 0 aromatic carbocycles. The Hall–Kier alpha value is -0.300. The molecule has 0 spiro atoms. The highest BCUT2D eigenvalue weighted by Crippen LogP contribution is 2.36. The van der Waals surface area contributed by atoms with Crippen LogP contribution in [-0.2, 0) is 4.74 Å². The van der Waals surface area contributed by atoms with Gasteiger partial charge in [-0.2, -0.15) is 0 Å². The largest absolute Gasteiger partial charge is 0.378 e. The minimum Gasteiger partial charge on any atom is -0.378 e. The van der Waals surface area contributed by atoms with Crippen LogP contribution in [0.4, 0.5) is 0 Å². The third-order valence-electron chi connectivity index (χ3n) is 6.65. The summed E-state index contributed by atoms with van der Waals surface area (Å²) in [5, 5.41) is 0. The lowest BCUT2D eigenvalue weighted by atomic mass is 9.77. The molecule has 0 atom stereocenters. The molecule has 146 valence electrons. The van der Waals surface area contributed by atoms with Crippen LogP contribution in [0.3, 0.4) is 0 Å². The Morgan fingerprint density at radius 2 is 1.36 bits per heavy atom. The zero-order chi connectivity index (χ0) is 17.7. The van der Waals surface area contributed by atoms with Gasteiger partial charge in [-0.05, 0) is 82.0 Å². The van der Waals surface area contributed by atoms with E-state index >= 15 is 0 Å². The highest BCUT2D eigenvalue weighted by molar-refractivity contribution is 4.91. The van der Waals surface area contributed by atoms with Gasteiger partial charge in [-0.3, -0.25) is 0 Å².